The molecule has 0 radical (unpaired) electrons. The zero-order valence-corrected chi connectivity index (χ0v) is 15.7. The van der Waals surface area contributed by atoms with Gasteiger partial charge in [-0.25, -0.2) is 0 Å². The van der Waals surface area contributed by atoms with Gasteiger partial charge in [0.2, 0.25) is 5.91 Å². The second-order valence-corrected chi connectivity index (χ2v) is 7.31. The highest BCUT2D eigenvalue weighted by atomic mass is 35.5. The molecule has 1 saturated heterocycles. The third kappa shape index (κ3) is 4.75. The van der Waals surface area contributed by atoms with Crippen LogP contribution in [0.2, 0.25) is 10.0 Å². The first-order chi connectivity index (χ1) is 12.0. The van der Waals surface area contributed by atoms with Crippen molar-refractivity contribution in [2.45, 2.75) is 38.6 Å². The minimum atomic E-state index is -0.0212. The highest BCUT2D eigenvalue weighted by Gasteiger charge is 2.19. The lowest BCUT2D eigenvalue weighted by molar-refractivity contribution is -0.116. The highest BCUT2D eigenvalue weighted by molar-refractivity contribution is 6.36. The van der Waals surface area contributed by atoms with Gasteiger partial charge in [0, 0.05) is 29.1 Å². The molecule has 1 fully saturated rings. The average Bonchev–Trinajstić information content (AvgIpc) is 3.17. The summed E-state index contributed by atoms with van der Waals surface area (Å²) < 4.78 is 0. The van der Waals surface area contributed by atoms with Crippen LogP contribution in [0.5, 0.6) is 0 Å². The van der Waals surface area contributed by atoms with Crippen LogP contribution in [-0.2, 0) is 4.79 Å². The summed E-state index contributed by atoms with van der Waals surface area (Å²) in [6, 6.07) is 7.68. The van der Waals surface area contributed by atoms with Gasteiger partial charge >= 0.3 is 0 Å². The van der Waals surface area contributed by atoms with E-state index in [-0.39, 0.29) is 5.91 Å². The van der Waals surface area contributed by atoms with E-state index in [1.807, 2.05) is 6.07 Å². The van der Waals surface area contributed by atoms with Crippen molar-refractivity contribution >= 4 is 34.9 Å². The number of H-pyrrole nitrogens is 1. The molecule has 2 heterocycles. The van der Waals surface area contributed by atoms with E-state index in [2.05, 4.69) is 27.3 Å². The van der Waals surface area contributed by atoms with Crippen molar-refractivity contribution in [3.05, 3.63) is 34.3 Å². The first kappa shape index (κ1) is 18.2. The molecule has 3 rings (SSSR count). The molecule has 1 unspecified atom stereocenters. The number of anilines is 1. The third-order valence-corrected chi connectivity index (χ3v) is 5.15. The van der Waals surface area contributed by atoms with Gasteiger partial charge in [-0.2, -0.15) is 5.10 Å². The Balaban J connectivity index is 1.51. The van der Waals surface area contributed by atoms with Gasteiger partial charge < -0.3 is 10.2 Å². The normalized spacial score (nSPS) is 17.8. The first-order valence-electron chi connectivity index (χ1n) is 8.57. The number of rotatable bonds is 6. The summed E-state index contributed by atoms with van der Waals surface area (Å²) in [4.78, 5) is 14.5. The molecule has 1 amide bonds. The van der Waals surface area contributed by atoms with Crippen LogP contribution in [-0.4, -0.2) is 40.1 Å². The Morgan fingerprint density at radius 3 is 2.96 bits per heavy atom. The summed E-state index contributed by atoms with van der Waals surface area (Å²) in [7, 11) is 0. The Morgan fingerprint density at radius 1 is 1.40 bits per heavy atom. The first-order valence-corrected chi connectivity index (χ1v) is 9.33. The minimum absolute atomic E-state index is 0.0212. The summed E-state index contributed by atoms with van der Waals surface area (Å²) in [5.74, 6) is 0.479. The molecule has 0 spiro atoms. The molecule has 1 aromatic heterocycles. The van der Waals surface area contributed by atoms with Crippen LogP contribution >= 0.6 is 23.2 Å². The maximum absolute atomic E-state index is 12.1. The predicted octanol–water partition coefficient (Wildman–Crippen LogP) is 4.59. The fraction of sp³-hybridized carbons (Fsp3) is 0.444. The monoisotopic (exact) mass is 380 g/mol. The lowest BCUT2D eigenvalue weighted by atomic mass is 10.1. The number of carbonyl (C=O) groups is 1. The van der Waals surface area contributed by atoms with Crippen LogP contribution in [0.25, 0.3) is 11.3 Å². The summed E-state index contributed by atoms with van der Waals surface area (Å²) in [6.07, 6.45) is 3.87. The second kappa shape index (κ2) is 8.21. The minimum Gasteiger partial charge on any atom is -0.309 e. The topological polar surface area (TPSA) is 61.0 Å². The van der Waals surface area contributed by atoms with Crippen LogP contribution in [0.4, 0.5) is 5.82 Å². The van der Waals surface area contributed by atoms with E-state index in [1.54, 1.807) is 18.2 Å². The summed E-state index contributed by atoms with van der Waals surface area (Å²) in [5, 5.41) is 11.0. The zero-order valence-electron chi connectivity index (χ0n) is 14.2. The number of carbonyl (C=O) groups excluding carboxylic acids is 1. The largest absolute Gasteiger partial charge is 0.309 e. The van der Waals surface area contributed by atoms with Gasteiger partial charge in [-0.15, -0.1) is 0 Å². The van der Waals surface area contributed by atoms with Crippen molar-refractivity contribution < 1.29 is 4.79 Å². The van der Waals surface area contributed by atoms with Gasteiger partial charge in [-0.05, 0) is 57.5 Å². The number of amides is 1. The number of halogens is 2. The third-order valence-electron chi connectivity index (χ3n) is 4.61. The van der Waals surface area contributed by atoms with Crippen molar-refractivity contribution in [3.8, 4) is 11.3 Å². The van der Waals surface area contributed by atoms with Gasteiger partial charge in [0.25, 0.3) is 0 Å². The molecule has 1 aliphatic rings. The number of aromatic nitrogens is 2. The summed E-state index contributed by atoms with van der Waals surface area (Å²) in [6.45, 7) is 4.37. The Kier molecular flexibility index (Phi) is 5.99. The molecule has 134 valence electrons. The summed E-state index contributed by atoms with van der Waals surface area (Å²) >= 11 is 12.1. The molecule has 2 aromatic rings. The van der Waals surface area contributed by atoms with Crippen LogP contribution in [0.3, 0.4) is 0 Å². The average molecular weight is 381 g/mol. The van der Waals surface area contributed by atoms with Gasteiger partial charge in [0.05, 0.1) is 10.7 Å². The maximum atomic E-state index is 12.1. The summed E-state index contributed by atoms with van der Waals surface area (Å²) in [5.41, 5.74) is 1.53. The van der Waals surface area contributed by atoms with Crippen LogP contribution < -0.4 is 5.32 Å². The zero-order chi connectivity index (χ0) is 17.8. The molecule has 1 atom stereocenters. The van der Waals surface area contributed by atoms with Crippen LogP contribution in [0.15, 0.2) is 24.3 Å². The Morgan fingerprint density at radius 2 is 2.24 bits per heavy atom. The van der Waals surface area contributed by atoms with Crippen molar-refractivity contribution in [2.75, 3.05) is 18.4 Å². The number of aromatic amines is 1. The van der Waals surface area contributed by atoms with Crippen LogP contribution in [0, 0.1) is 0 Å². The standard InChI is InChI=1S/C18H22Cl2N4O/c1-12-4-2-8-24(12)9-3-5-18(25)21-17-11-16(22-23-17)14-7-6-13(19)10-15(14)20/h6-7,10-12H,2-5,8-9H2,1H3,(H2,21,22,23,25). The molecular weight excluding hydrogens is 359 g/mol. The number of hydrogen-bond donors (Lipinski definition) is 2. The molecular formula is C18H22Cl2N4O. The van der Waals surface area contributed by atoms with E-state index in [0.717, 1.165) is 30.8 Å². The molecule has 1 aromatic carbocycles. The molecule has 1 aliphatic heterocycles. The van der Waals surface area contributed by atoms with Crippen molar-refractivity contribution in [1.82, 2.24) is 15.1 Å². The maximum Gasteiger partial charge on any atom is 0.225 e. The molecule has 0 bridgehead atoms. The fourth-order valence-corrected chi connectivity index (χ4v) is 3.71. The van der Waals surface area contributed by atoms with Gasteiger partial charge in [0.1, 0.15) is 0 Å². The molecule has 7 heteroatoms. The van der Waals surface area contributed by atoms with Gasteiger partial charge in [-0.3, -0.25) is 9.89 Å². The van der Waals surface area contributed by atoms with E-state index in [9.17, 15) is 4.79 Å². The molecule has 25 heavy (non-hydrogen) atoms. The number of benzene rings is 1. The van der Waals surface area contributed by atoms with Gasteiger partial charge in [0.15, 0.2) is 5.82 Å². The number of likely N-dealkylation sites (tertiary alicyclic amines) is 1. The SMILES string of the molecule is CC1CCCN1CCCC(=O)Nc1cc(-c2ccc(Cl)cc2Cl)[nH]n1. The molecule has 5 nitrogen and oxygen atoms in total. The van der Waals surface area contributed by atoms with Crippen molar-refractivity contribution in [1.29, 1.82) is 0 Å². The van der Waals surface area contributed by atoms with Crippen molar-refractivity contribution in [3.63, 3.8) is 0 Å². The Labute approximate surface area is 157 Å². The molecule has 0 saturated carbocycles. The highest BCUT2D eigenvalue weighted by Crippen LogP contribution is 2.30. The number of hydrogen-bond acceptors (Lipinski definition) is 3. The fourth-order valence-electron chi connectivity index (χ4n) is 3.20. The smallest absolute Gasteiger partial charge is 0.225 e. The van der Waals surface area contributed by atoms with E-state index >= 15 is 0 Å². The lowest BCUT2D eigenvalue weighted by Gasteiger charge is -2.20. The Hall–Kier alpha value is -1.56. The molecule has 0 aliphatic carbocycles. The number of nitrogens with one attached hydrogen (secondary N) is 2. The second-order valence-electron chi connectivity index (χ2n) is 6.47. The van der Waals surface area contributed by atoms with E-state index in [1.165, 1.54) is 12.8 Å². The predicted molar refractivity (Wildman–Crippen MR) is 102 cm³/mol. The molecule has 2 N–H and O–H groups in total. The van der Waals surface area contributed by atoms with Crippen molar-refractivity contribution in [2.24, 2.45) is 0 Å². The number of nitrogens with zero attached hydrogens (tertiary/aromatic N) is 2. The van der Waals surface area contributed by atoms with E-state index in [4.69, 9.17) is 23.2 Å². The van der Waals surface area contributed by atoms with E-state index < -0.39 is 0 Å². The lowest BCUT2D eigenvalue weighted by Crippen LogP contribution is -2.28. The van der Waals surface area contributed by atoms with E-state index in [0.29, 0.717) is 28.3 Å². The van der Waals surface area contributed by atoms with Crippen LogP contribution in [0.1, 0.15) is 32.6 Å². The van der Waals surface area contributed by atoms with Gasteiger partial charge in [-0.1, -0.05) is 23.2 Å². The quantitative estimate of drug-likeness (QED) is 0.770. The Bertz CT molecular complexity index is 746.